The van der Waals surface area contributed by atoms with Gasteiger partial charge in [0.1, 0.15) is 6.61 Å². The molecule has 2 N–H and O–H groups in total. The van der Waals surface area contributed by atoms with Crippen LogP contribution in [0.25, 0.3) is 0 Å². The summed E-state index contributed by atoms with van der Waals surface area (Å²) in [6, 6.07) is 1.60. The first-order chi connectivity index (χ1) is 9.70. The number of aryl methyl sites for hydroxylation is 1. The lowest BCUT2D eigenvalue weighted by atomic mass is 10.1. The standard InChI is InChI=1S/C14H13N3O2S/c1-10-17-12(9-20-10)8-16-14(19)13-4-5-15-7-11(13)3-2-6-18/h4-5,7,9,18H,6,8H2,1H3,(H,16,19). The van der Waals surface area contributed by atoms with E-state index in [1.807, 2.05) is 12.3 Å². The summed E-state index contributed by atoms with van der Waals surface area (Å²) in [7, 11) is 0. The topological polar surface area (TPSA) is 75.1 Å². The molecule has 0 aliphatic rings. The lowest BCUT2D eigenvalue weighted by Gasteiger charge is -2.05. The third kappa shape index (κ3) is 3.63. The zero-order chi connectivity index (χ0) is 14.4. The van der Waals surface area contributed by atoms with Crippen LogP contribution in [0.2, 0.25) is 0 Å². The number of pyridine rings is 1. The van der Waals surface area contributed by atoms with Crippen molar-refractivity contribution in [2.45, 2.75) is 13.5 Å². The molecule has 2 heterocycles. The molecule has 0 aliphatic heterocycles. The van der Waals surface area contributed by atoms with E-state index in [2.05, 4.69) is 27.1 Å². The number of rotatable bonds is 3. The predicted octanol–water partition coefficient (Wildman–Crippen LogP) is 1.12. The molecule has 5 nitrogen and oxygen atoms in total. The maximum Gasteiger partial charge on any atom is 0.252 e. The van der Waals surface area contributed by atoms with Gasteiger partial charge in [0.25, 0.3) is 5.91 Å². The van der Waals surface area contributed by atoms with Gasteiger partial charge in [-0.3, -0.25) is 9.78 Å². The Morgan fingerprint density at radius 2 is 2.40 bits per heavy atom. The van der Waals surface area contributed by atoms with Crippen LogP contribution in [0.3, 0.4) is 0 Å². The molecule has 0 radical (unpaired) electrons. The van der Waals surface area contributed by atoms with E-state index in [9.17, 15) is 4.79 Å². The first-order valence-corrected chi connectivity index (χ1v) is 6.81. The van der Waals surface area contributed by atoms with Gasteiger partial charge < -0.3 is 10.4 Å². The first kappa shape index (κ1) is 14.2. The van der Waals surface area contributed by atoms with Crippen LogP contribution < -0.4 is 5.32 Å². The average Bonchev–Trinajstić information content (AvgIpc) is 2.88. The maximum absolute atomic E-state index is 12.1. The second-order valence-electron chi connectivity index (χ2n) is 3.92. The number of thiazole rings is 1. The van der Waals surface area contributed by atoms with Crippen LogP contribution in [0.4, 0.5) is 0 Å². The van der Waals surface area contributed by atoms with E-state index in [4.69, 9.17) is 5.11 Å². The number of amides is 1. The van der Waals surface area contributed by atoms with Crippen molar-refractivity contribution in [3.8, 4) is 11.8 Å². The van der Waals surface area contributed by atoms with Gasteiger partial charge in [-0.25, -0.2) is 4.98 Å². The van der Waals surface area contributed by atoms with Gasteiger partial charge in [0, 0.05) is 17.8 Å². The van der Waals surface area contributed by atoms with Crippen molar-refractivity contribution in [2.24, 2.45) is 0 Å². The summed E-state index contributed by atoms with van der Waals surface area (Å²) in [6.07, 6.45) is 3.04. The lowest BCUT2D eigenvalue weighted by molar-refractivity contribution is 0.0950. The molecule has 1 amide bonds. The Hall–Kier alpha value is -2.23. The summed E-state index contributed by atoms with van der Waals surface area (Å²) in [4.78, 5) is 20.3. The van der Waals surface area contributed by atoms with Crippen molar-refractivity contribution < 1.29 is 9.90 Å². The Kier molecular flexibility index (Phi) is 4.82. The SMILES string of the molecule is Cc1nc(CNC(=O)c2ccncc2C#CCO)cs1. The van der Waals surface area contributed by atoms with Crippen LogP contribution in [0.5, 0.6) is 0 Å². The molecule has 2 aromatic heterocycles. The highest BCUT2D eigenvalue weighted by Gasteiger charge is 2.10. The van der Waals surface area contributed by atoms with Gasteiger partial charge in [0.15, 0.2) is 0 Å². The lowest BCUT2D eigenvalue weighted by Crippen LogP contribution is -2.24. The fraction of sp³-hybridized carbons (Fsp3) is 0.214. The normalized spacial score (nSPS) is 9.70. The number of nitrogens with one attached hydrogen (secondary N) is 1. The maximum atomic E-state index is 12.1. The van der Waals surface area contributed by atoms with Gasteiger partial charge in [-0.05, 0) is 13.0 Å². The minimum Gasteiger partial charge on any atom is -0.384 e. The second-order valence-corrected chi connectivity index (χ2v) is 4.98. The number of aliphatic hydroxyl groups excluding tert-OH is 1. The molecule has 6 heteroatoms. The van der Waals surface area contributed by atoms with Gasteiger partial charge in [0.05, 0.1) is 28.4 Å². The van der Waals surface area contributed by atoms with Crippen molar-refractivity contribution in [3.05, 3.63) is 45.7 Å². The van der Waals surface area contributed by atoms with Crippen molar-refractivity contribution in [1.29, 1.82) is 0 Å². The predicted molar refractivity (Wildman–Crippen MR) is 76.2 cm³/mol. The van der Waals surface area contributed by atoms with Crippen molar-refractivity contribution >= 4 is 17.2 Å². The van der Waals surface area contributed by atoms with Crippen molar-refractivity contribution in [2.75, 3.05) is 6.61 Å². The molecule has 0 spiro atoms. The number of hydrogen-bond acceptors (Lipinski definition) is 5. The molecule has 2 rings (SSSR count). The van der Waals surface area contributed by atoms with Crippen LogP contribution in [0, 0.1) is 18.8 Å². The minimum atomic E-state index is -0.256. The third-order valence-corrected chi connectivity index (χ3v) is 3.29. The highest BCUT2D eigenvalue weighted by molar-refractivity contribution is 7.09. The summed E-state index contributed by atoms with van der Waals surface area (Å²) < 4.78 is 0. The summed E-state index contributed by atoms with van der Waals surface area (Å²) >= 11 is 1.54. The van der Waals surface area contributed by atoms with E-state index in [0.29, 0.717) is 17.7 Å². The van der Waals surface area contributed by atoms with E-state index < -0.39 is 0 Å². The Labute approximate surface area is 120 Å². The second kappa shape index (κ2) is 6.80. The molecule has 0 saturated heterocycles. The van der Waals surface area contributed by atoms with Gasteiger partial charge in [-0.1, -0.05) is 11.8 Å². The summed E-state index contributed by atoms with van der Waals surface area (Å²) in [5, 5.41) is 14.4. The van der Waals surface area contributed by atoms with E-state index in [1.54, 1.807) is 17.4 Å². The van der Waals surface area contributed by atoms with Crippen LogP contribution in [-0.4, -0.2) is 27.6 Å². The van der Waals surface area contributed by atoms with E-state index >= 15 is 0 Å². The average molecular weight is 287 g/mol. The zero-order valence-electron chi connectivity index (χ0n) is 10.9. The number of nitrogens with zero attached hydrogens (tertiary/aromatic N) is 2. The van der Waals surface area contributed by atoms with Crippen LogP contribution in [0.1, 0.15) is 26.6 Å². The van der Waals surface area contributed by atoms with Crippen LogP contribution >= 0.6 is 11.3 Å². The first-order valence-electron chi connectivity index (χ1n) is 5.93. The van der Waals surface area contributed by atoms with Crippen molar-refractivity contribution in [3.63, 3.8) is 0 Å². The summed E-state index contributed by atoms with van der Waals surface area (Å²) in [5.41, 5.74) is 1.76. The molecule has 102 valence electrons. The molecule has 0 aliphatic carbocycles. The van der Waals surface area contributed by atoms with Crippen LogP contribution in [-0.2, 0) is 6.54 Å². The molecule has 0 atom stereocenters. The highest BCUT2D eigenvalue weighted by Crippen LogP contribution is 2.09. The smallest absolute Gasteiger partial charge is 0.252 e. The number of hydrogen-bond donors (Lipinski definition) is 2. The van der Waals surface area contributed by atoms with E-state index in [-0.39, 0.29) is 12.5 Å². The quantitative estimate of drug-likeness (QED) is 0.830. The number of carbonyl (C=O) groups excluding carboxylic acids is 1. The molecule has 0 saturated carbocycles. The molecule has 0 fully saturated rings. The molecule has 0 bridgehead atoms. The molecule has 0 unspecified atom stereocenters. The monoisotopic (exact) mass is 287 g/mol. The van der Waals surface area contributed by atoms with Gasteiger partial charge in [-0.15, -0.1) is 11.3 Å². The molecule has 2 aromatic rings. The highest BCUT2D eigenvalue weighted by atomic mass is 32.1. The van der Waals surface area contributed by atoms with Gasteiger partial charge in [-0.2, -0.15) is 0 Å². The van der Waals surface area contributed by atoms with Gasteiger partial charge in [0.2, 0.25) is 0 Å². The largest absolute Gasteiger partial charge is 0.384 e. The Balaban J connectivity index is 2.09. The minimum absolute atomic E-state index is 0.236. The zero-order valence-corrected chi connectivity index (χ0v) is 11.7. The number of carbonyl (C=O) groups is 1. The van der Waals surface area contributed by atoms with Crippen molar-refractivity contribution in [1.82, 2.24) is 15.3 Å². The summed E-state index contributed by atoms with van der Waals surface area (Å²) in [6.45, 7) is 2.04. The molecular weight excluding hydrogens is 274 g/mol. The van der Waals surface area contributed by atoms with E-state index in [0.717, 1.165) is 10.7 Å². The third-order valence-electron chi connectivity index (χ3n) is 2.46. The number of aliphatic hydroxyl groups is 1. The number of aromatic nitrogens is 2. The molecule has 0 aromatic carbocycles. The molecule has 20 heavy (non-hydrogen) atoms. The van der Waals surface area contributed by atoms with Crippen LogP contribution in [0.15, 0.2) is 23.8 Å². The Bertz CT molecular complexity index is 670. The van der Waals surface area contributed by atoms with Gasteiger partial charge >= 0.3 is 0 Å². The fourth-order valence-electron chi connectivity index (χ4n) is 1.58. The summed E-state index contributed by atoms with van der Waals surface area (Å²) in [5.74, 6) is 4.99. The van der Waals surface area contributed by atoms with E-state index in [1.165, 1.54) is 12.4 Å². The fourth-order valence-corrected chi connectivity index (χ4v) is 2.19. The Morgan fingerprint density at radius 3 is 3.10 bits per heavy atom. The Morgan fingerprint density at radius 1 is 1.55 bits per heavy atom. The molecular formula is C14H13N3O2S.